The number of nitrogens with one attached hydrogen (secondary N) is 1. The number of hydrogen-bond acceptors (Lipinski definition) is 4. The molecule has 2 aromatic carbocycles. The Balaban J connectivity index is 1.90. The van der Waals surface area contributed by atoms with E-state index < -0.39 is 18.5 Å². The molecule has 0 saturated carbocycles. The summed E-state index contributed by atoms with van der Waals surface area (Å²) < 4.78 is 4.85. The van der Waals surface area contributed by atoms with Crippen molar-refractivity contribution in [3.8, 4) is 5.75 Å². The molecular formula is C15H11Cl2NO4. The summed E-state index contributed by atoms with van der Waals surface area (Å²) in [4.78, 5) is 23.4. The van der Waals surface area contributed by atoms with Crippen LogP contribution in [0.25, 0.3) is 0 Å². The number of phenols is 1. The van der Waals surface area contributed by atoms with Crippen LogP contribution in [0, 0.1) is 0 Å². The minimum Gasteiger partial charge on any atom is -0.508 e. The molecule has 0 radical (unpaired) electrons. The Morgan fingerprint density at radius 2 is 1.86 bits per heavy atom. The lowest BCUT2D eigenvalue weighted by molar-refractivity contribution is -0.119. The number of carbonyl (C=O) groups excluding carboxylic acids is 2. The summed E-state index contributed by atoms with van der Waals surface area (Å²) in [5.74, 6) is -1.29. The molecule has 22 heavy (non-hydrogen) atoms. The number of rotatable bonds is 4. The number of carbonyl (C=O) groups is 2. The summed E-state index contributed by atoms with van der Waals surface area (Å²) in [7, 11) is 0. The van der Waals surface area contributed by atoms with E-state index in [9.17, 15) is 14.7 Å². The number of halogens is 2. The Morgan fingerprint density at radius 1 is 1.09 bits per heavy atom. The van der Waals surface area contributed by atoms with Crippen LogP contribution >= 0.6 is 23.2 Å². The minimum absolute atomic E-state index is 0.0605. The lowest BCUT2D eigenvalue weighted by Gasteiger charge is -2.07. The smallest absolute Gasteiger partial charge is 0.338 e. The molecule has 0 saturated heterocycles. The van der Waals surface area contributed by atoms with E-state index >= 15 is 0 Å². The van der Waals surface area contributed by atoms with Gasteiger partial charge in [-0.15, -0.1) is 0 Å². The number of benzene rings is 2. The highest BCUT2D eigenvalue weighted by Gasteiger charge is 2.11. The average Bonchev–Trinajstić information content (AvgIpc) is 2.48. The van der Waals surface area contributed by atoms with Crippen LogP contribution in [0.3, 0.4) is 0 Å². The molecule has 0 aliphatic rings. The Bertz CT molecular complexity index is 718. The van der Waals surface area contributed by atoms with Gasteiger partial charge in [0.05, 0.1) is 15.6 Å². The molecule has 2 rings (SSSR count). The number of esters is 1. The van der Waals surface area contributed by atoms with Gasteiger partial charge >= 0.3 is 5.97 Å². The van der Waals surface area contributed by atoms with E-state index in [4.69, 9.17) is 27.9 Å². The van der Waals surface area contributed by atoms with Crippen LogP contribution in [0.5, 0.6) is 5.75 Å². The molecule has 0 fully saturated rings. The van der Waals surface area contributed by atoms with Crippen molar-refractivity contribution in [2.75, 3.05) is 11.9 Å². The summed E-state index contributed by atoms with van der Waals surface area (Å²) in [6, 6.07) is 10.2. The first-order valence-corrected chi connectivity index (χ1v) is 6.92. The zero-order valence-corrected chi connectivity index (χ0v) is 12.7. The van der Waals surface area contributed by atoms with Crippen LogP contribution in [0.4, 0.5) is 5.69 Å². The third-order valence-electron chi connectivity index (χ3n) is 2.62. The minimum atomic E-state index is -0.708. The second-order valence-electron chi connectivity index (χ2n) is 4.30. The van der Waals surface area contributed by atoms with Crippen molar-refractivity contribution in [2.24, 2.45) is 0 Å². The second kappa shape index (κ2) is 7.15. The van der Waals surface area contributed by atoms with Gasteiger partial charge in [-0.05, 0) is 36.4 Å². The summed E-state index contributed by atoms with van der Waals surface area (Å²) in [6.07, 6.45) is 0. The van der Waals surface area contributed by atoms with Crippen LogP contribution in [-0.4, -0.2) is 23.6 Å². The van der Waals surface area contributed by atoms with Gasteiger partial charge in [-0.2, -0.15) is 0 Å². The Kier molecular flexibility index (Phi) is 5.25. The van der Waals surface area contributed by atoms with Gasteiger partial charge in [0.25, 0.3) is 5.91 Å². The summed E-state index contributed by atoms with van der Waals surface area (Å²) in [6.45, 7) is -0.464. The summed E-state index contributed by atoms with van der Waals surface area (Å²) in [5, 5.41) is 12.5. The van der Waals surface area contributed by atoms with Gasteiger partial charge in [-0.25, -0.2) is 4.79 Å². The number of hydrogen-bond donors (Lipinski definition) is 2. The van der Waals surface area contributed by atoms with E-state index in [-0.39, 0.29) is 11.3 Å². The zero-order chi connectivity index (χ0) is 16.1. The molecule has 0 spiro atoms. The SMILES string of the molecule is O=C(COC(=O)c1cccc(O)c1)Nc1ccc(Cl)c(Cl)c1. The molecule has 5 nitrogen and oxygen atoms in total. The number of aromatic hydroxyl groups is 1. The lowest BCUT2D eigenvalue weighted by atomic mass is 10.2. The van der Waals surface area contributed by atoms with E-state index in [1.54, 1.807) is 6.07 Å². The highest BCUT2D eigenvalue weighted by atomic mass is 35.5. The third-order valence-corrected chi connectivity index (χ3v) is 3.36. The van der Waals surface area contributed by atoms with Crippen molar-refractivity contribution in [1.29, 1.82) is 0 Å². The van der Waals surface area contributed by atoms with Crippen molar-refractivity contribution in [3.63, 3.8) is 0 Å². The molecule has 114 valence electrons. The van der Waals surface area contributed by atoms with Gasteiger partial charge < -0.3 is 15.2 Å². The van der Waals surface area contributed by atoms with E-state index in [0.29, 0.717) is 15.7 Å². The second-order valence-corrected chi connectivity index (χ2v) is 5.12. The lowest BCUT2D eigenvalue weighted by Crippen LogP contribution is -2.20. The molecule has 2 N–H and O–H groups in total. The highest BCUT2D eigenvalue weighted by molar-refractivity contribution is 6.42. The van der Waals surface area contributed by atoms with Gasteiger partial charge in [0.1, 0.15) is 5.75 Å². The largest absolute Gasteiger partial charge is 0.508 e. The molecule has 1 amide bonds. The highest BCUT2D eigenvalue weighted by Crippen LogP contribution is 2.24. The van der Waals surface area contributed by atoms with Gasteiger partial charge in [0, 0.05) is 5.69 Å². The summed E-state index contributed by atoms with van der Waals surface area (Å²) in [5.41, 5.74) is 0.593. The maximum atomic E-state index is 11.7. The zero-order valence-electron chi connectivity index (χ0n) is 11.2. The quantitative estimate of drug-likeness (QED) is 0.836. The molecule has 0 aliphatic heterocycles. The van der Waals surface area contributed by atoms with Crippen LogP contribution < -0.4 is 5.32 Å². The molecule has 0 aliphatic carbocycles. The standard InChI is InChI=1S/C15H11Cl2NO4/c16-12-5-4-10(7-13(12)17)18-14(20)8-22-15(21)9-2-1-3-11(19)6-9/h1-7,19H,8H2,(H,18,20). The Hall–Kier alpha value is -2.24. The van der Waals surface area contributed by atoms with Gasteiger partial charge in [-0.1, -0.05) is 29.3 Å². The molecule has 7 heteroatoms. The molecular weight excluding hydrogens is 329 g/mol. The normalized spacial score (nSPS) is 10.1. The van der Waals surface area contributed by atoms with Crippen molar-refractivity contribution < 1.29 is 19.4 Å². The van der Waals surface area contributed by atoms with Crippen LogP contribution in [0.15, 0.2) is 42.5 Å². The van der Waals surface area contributed by atoms with Crippen molar-refractivity contribution in [2.45, 2.75) is 0 Å². The average molecular weight is 340 g/mol. The predicted molar refractivity (Wildman–Crippen MR) is 83.5 cm³/mol. The molecule has 0 aromatic heterocycles. The molecule has 0 bridgehead atoms. The van der Waals surface area contributed by atoms with Crippen molar-refractivity contribution >= 4 is 40.8 Å². The Morgan fingerprint density at radius 3 is 2.55 bits per heavy atom. The first-order chi connectivity index (χ1) is 10.5. The number of anilines is 1. The van der Waals surface area contributed by atoms with Crippen molar-refractivity contribution in [3.05, 3.63) is 58.1 Å². The molecule has 0 heterocycles. The fourth-order valence-electron chi connectivity index (χ4n) is 1.62. The van der Waals surface area contributed by atoms with E-state index in [1.807, 2.05) is 0 Å². The van der Waals surface area contributed by atoms with Gasteiger partial charge in [0.15, 0.2) is 6.61 Å². The molecule has 2 aromatic rings. The molecule has 0 unspecified atom stereocenters. The maximum Gasteiger partial charge on any atom is 0.338 e. The number of ether oxygens (including phenoxy) is 1. The van der Waals surface area contributed by atoms with Crippen molar-refractivity contribution in [1.82, 2.24) is 0 Å². The first kappa shape index (κ1) is 16.1. The summed E-state index contributed by atoms with van der Waals surface area (Å²) >= 11 is 11.6. The predicted octanol–water partition coefficient (Wildman–Crippen LogP) is 3.49. The maximum absolute atomic E-state index is 11.7. The van der Waals surface area contributed by atoms with Gasteiger partial charge in [0.2, 0.25) is 0 Å². The van der Waals surface area contributed by atoms with Gasteiger partial charge in [-0.3, -0.25) is 4.79 Å². The van der Waals surface area contributed by atoms with E-state index in [1.165, 1.54) is 36.4 Å². The third kappa shape index (κ3) is 4.38. The fraction of sp³-hybridized carbons (Fsp3) is 0.0667. The first-order valence-electron chi connectivity index (χ1n) is 6.17. The molecule has 0 atom stereocenters. The number of phenolic OH excluding ortho intramolecular Hbond substituents is 1. The van der Waals surface area contributed by atoms with Crippen LogP contribution in [-0.2, 0) is 9.53 Å². The van der Waals surface area contributed by atoms with Crippen LogP contribution in [0.2, 0.25) is 10.0 Å². The topological polar surface area (TPSA) is 75.6 Å². The fourth-order valence-corrected chi connectivity index (χ4v) is 1.92. The van der Waals surface area contributed by atoms with E-state index in [0.717, 1.165) is 0 Å². The monoisotopic (exact) mass is 339 g/mol. The Labute approximate surface area is 136 Å². The van der Waals surface area contributed by atoms with Crippen LogP contribution in [0.1, 0.15) is 10.4 Å². The van der Waals surface area contributed by atoms with E-state index in [2.05, 4.69) is 5.32 Å². The number of amides is 1.